The highest BCUT2D eigenvalue weighted by atomic mass is 127. The standard InChI is InChI=1S/C17H18O2.2C11H12O.C10H12.2C6H6O.C5H6.HI/c18-15-7-3-13(4-8-15)17(11-1-2-12-17)14-5-9-16(19)10-6-14;2*12-11-7-5-10(6-8-11)9-3-1-2-4-9;1-2-9-7-4-5-8(6-7)10(9)3-1;2*7-6-4-2-1-3-5-6;1-2-4-5-3-1;/h3-10,18-19H,1-2,11-12H2;3,5-8,12H,1-2,4H2;1,3,5-9,12H,2,4H2;1-2,4-5,7-10H,3,6H2;2*1-5,7H;1-4H,5H2;1H/p+1. The van der Waals surface area contributed by atoms with Gasteiger partial charge in [0.1, 0.15) is 34.5 Å². The van der Waals surface area contributed by atoms with Gasteiger partial charge in [-0.2, -0.15) is 0 Å². The molecule has 0 aliphatic heterocycles. The van der Waals surface area contributed by atoms with E-state index in [9.17, 15) is 10.2 Å². The normalized spacial score (nSPS) is 21.0. The Hall–Kier alpha value is -6.71. The summed E-state index contributed by atoms with van der Waals surface area (Å²) in [5, 5.41) is 54.3. The highest BCUT2D eigenvalue weighted by Crippen LogP contribution is 2.52. The highest BCUT2D eigenvalue weighted by molar-refractivity contribution is 14.0. The smallest absolute Gasteiger partial charge is 0.508 e. The molecule has 2 saturated carbocycles. The van der Waals surface area contributed by atoms with Crippen LogP contribution in [0.25, 0.3) is 5.57 Å². The van der Waals surface area contributed by atoms with Gasteiger partial charge in [-0.15, -0.1) is 24.0 Å². The van der Waals surface area contributed by atoms with E-state index in [4.69, 9.17) is 20.4 Å². The Morgan fingerprint density at radius 1 is 0.452 bits per heavy atom. The van der Waals surface area contributed by atoms with Crippen LogP contribution in [0.15, 0.2) is 225 Å². The molecule has 0 radical (unpaired) electrons. The molecule has 6 aromatic carbocycles. The Labute approximate surface area is 452 Å². The van der Waals surface area contributed by atoms with Crippen LogP contribution in [-0.4, -0.2) is 30.6 Å². The number of halogens is 1. The first-order chi connectivity index (χ1) is 35.2. The molecule has 0 aromatic heterocycles. The lowest BCUT2D eigenvalue weighted by atomic mass is 9.73. The molecule has 7 aliphatic carbocycles. The molecule has 6 N–H and O–H groups in total. The average Bonchev–Trinajstić information content (AvgIpc) is 4.26. The number of hydrogen-bond acceptors (Lipinski definition) is 6. The third-order valence-electron chi connectivity index (χ3n) is 14.5. The predicted molar refractivity (Wildman–Crippen MR) is 312 cm³/mol. The van der Waals surface area contributed by atoms with Crippen molar-refractivity contribution in [3.8, 4) is 34.5 Å². The third-order valence-corrected chi connectivity index (χ3v) is 14.5. The number of aromatic hydroxyl groups is 6. The molecule has 73 heavy (non-hydrogen) atoms. The van der Waals surface area contributed by atoms with Crippen molar-refractivity contribution >= 4 is 29.5 Å². The topological polar surface area (TPSA) is 121 Å². The van der Waals surface area contributed by atoms with Gasteiger partial charge in [0, 0.05) is 11.3 Å². The summed E-state index contributed by atoms with van der Waals surface area (Å²) in [7, 11) is 0. The van der Waals surface area contributed by atoms with Crippen LogP contribution < -0.4 is 0 Å². The van der Waals surface area contributed by atoms with Crippen molar-refractivity contribution in [2.75, 3.05) is 0 Å². The van der Waals surface area contributed by atoms with E-state index in [1.54, 1.807) is 97.1 Å². The summed E-state index contributed by atoms with van der Waals surface area (Å²) in [5.74, 6) is 6.35. The summed E-state index contributed by atoms with van der Waals surface area (Å²) in [4.78, 5) is 0. The number of phenolic OH excluding ortho intramolecular Hbond substituents is 6. The second-order valence-corrected chi connectivity index (χ2v) is 19.4. The molecule has 7 aliphatic rings. The quantitative estimate of drug-likeness (QED) is 0.0773. The zero-order valence-electron chi connectivity index (χ0n) is 42.8. The highest BCUT2D eigenvalue weighted by Gasteiger charge is 2.44. The van der Waals surface area contributed by atoms with Gasteiger partial charge in [-0.3, -0.25) is 0 Å². The minimum absolute atomic E-state index is 0. The van der Waals surface area contributed by atoms with Crippen LogP contribution in [0.4, 0.5) is 0 Å². The van der Waals surface area contributed by atoms with Gasteiger partial charge >= 0.3 is 1.43 Å². The Morgan fingerprint density at radius 3 is 1.37 bits per heavy atom. The summed E-state index contributed by atoms with van der Waals surface area (Å²) in [6.07, 6.45) is 39.5. The molecule has 0 amide bonds. The second-order valence-electron chi connectivity index (χ2n) is 19.4. The van der Waals surface area contributed by atoms with Crippen molar-refractivity contribution < 1.29 is 32.1 Å². The average molecular weight is 1090 g/mol. The zero-order chi connectivity index (χ0) is 50.4. The molecule has 13 rings (SSSR count). The van der Waals surface area contributed by atoms with Crippen LogP contribution in [0.5, 0.6) is 34.5 Å². The van der Waals surface area contributed by atoms with Gasteiger partial charge in [0.25, 0.3) is 0 Å². The van der Waals surface area contributed by atoms with E-state index in [0.717, 1.165) is 42.9 Å². The molecule has 6 aromatic rings. The first-order valence-corrected chi connectivity index (χ1v) is 25.8. The molecule has 5 unspecified atom stereocenters. The summed E-state index contributed by atoms with van der Waals surface area (Å²) in [6, 6.07) is 47.5. The second kappa shape index (κ2) is 29.1. The molecule has 0 heterocycles. The van der Waals surface area contributed by atoms with Gasteiger partial charge in [-0.1, -0.05) is 165 Å². The molecule has 380 valence electrons. The number of hydrogen-bond donors (Lipinski definition) is 6. The minimum atomic E-state index is 0. The van der Waals surface area contributed by atoms with Crippen LogP contribution in [0.3, 0.4) is 0 Å². The van der Waals surface area contributed by atoms with Crippen LogP contribution in [0.1, 0.15) is 107 Å². The lowest BCUT2D eigenvalue weighted by Gasteiger charge is -2.30. The molecule has 5 atom stereocenters. The lowest BCUT2D eigenvalue weighted by molar-refractivity contribution is 0.398. The molecule has 0 spiro atoms. The maximum Gasteiger partial charge on any atom is 1.00 e. The van der Waals surface area contributed by atoms with Gasteiger partial charge in [0.05, 0.1) is 0 Å². The van der Waals surface area contributed by atoms with Crippen LogP contribution in [0.2, 0.25) is 0 Å². The van der Waals surface area contributed by atoms with Crippen molar-refractivity contribution in [2.24, 2.45) is 23.7 Å². The molecule has 2 fully saturated rings. The van der Waals surface area contributed by atoms with E-state index in [1.807, 2.05) is 60.7 Å². The molecule has 2 bridgehead atoms. The zero-order valence-corrected chi connectivity index (χ0v) is 44.2. The number of rotatable bonds is 4. The number of phenols is 6. The summed E-state index contributed by atoms with van der Waals surface area (Å²) in [6.45, 7) is 0. The minimum Gasteiger partial charge on any atom is -0.508 e. The van der Waals surface area contributed by atoms with Gasteiger partial charge in [-0.05, 0) is 189 Å². The van der Waals surface area contributed by atoms with Crippen LogP contribution >= 0.6 is 24.0 Å². The molecule has 0 saturated heterocycles. The van der Waals surface area contributed by atoms with E-state index in [-0.39, 0.29) is 30.8 Å². The Balaban J connectivity index is 0.000000165. The fourth-order valence-electron chi connectivity index (χ4n) is 10.7. The molecule has 7 heteroatoms. The fourth-order valence-corrected chi connectivity index (χ4v) is 10.7. The van der Waals surface area contributed by atoms with E-state index < -0.39 is 0 Å². The summed E-state index contributed by atoms with van der Waals surface area (Å²) < 4.78 is 0. The van der Waals surface area contributed by atoms with Gasteiger partial charge < -0.3 is 30.6 Å². The number of para-hydroxylation sites is 2. The predicted octanol–water partition coefficient (Wildman–Crippen LogP) is 17.1. The first kappa shape index (κ1) is 55.6. The van der Waals surface area contributed by atoms with Crippen molar-refractivity contribution in [2.45, 2.75) is 88.4 Å². The molecular weight excluding hydrogens is 1020 g/mol. The number of benzene rings is 6. The Morgan fingerprint density at radius 2 is 0.945 bits per heavy atom. The van der Waals surface area contributed by atoms with Crippen molar-refractivity contribution in [1.29, 1.82) is 0 Å². The van der Waals surface area contributed by atoms with Crippen molar-refractivity contribution in [3.05, 3.63) is 247 Å². The SMILES string of the molecule is C1=CC2C3C=CC(C3)C2C1.C1=CCC=C1.I.Oc1ccc(C2(c3ccc(O)cc3)CCCC2)cc1.Oc1ccc(C2=CCCC2)cc1.Oc1ccc(C2C=CCC2)cc1.Oc1ccccc1.Oc1ccccc1.[H+]. The lowest BCUT2D eigenvalue weighted by Crippen LogP contribution is -2.23. The third kappa shape index (κ3) is 16.9. The van der Waals surface area contributed by atoms with Gasteiger partial charge in [0.2, 0.25) is 0 Å². The summed E-state index contributed by atoms with van der Waals surface area (Å²) >= 11 is 0. The van der Waals surface area contributed by atoms with Crippen molar-refractivity contribution in [1.82, 2.24) is 0 Å². The molecular formula is C66H74IO6+. The monoisotopic (exact) mass is 1090 g/mol. The van der Waals surface area contributed by atoms with Gasteiger partial charge in [0.15, 0.2) is 0 Å². The van der Waals surface area contributed by atoms with E-state index in [1.165, 1.54) is 85.6 Å². The number of allylic oxidation sites excluding steroid dienone is 12. The Bertz CT molecular complexity index is 2610. The first-order valence-electron chi connectivity index (χ1n) is 25.8. The van der Waals surface area contributed by atoms with Crippen LogP contribution in [-0.2, 0) is 5.41 Å². The maximum absolute atomic E-state index is 9.46. The largest absolute Gasteiger partial charge is 1.00 e. The van der Waals surface area contributed by atoms with E-state index >= 15 is 0 Å². The van der Waals surface area contributed by atoms with E-state index in [2.05, 4.69) is 66.8 Å². The molecule has 6 nitrogen and oxygen atoms in total. The van der Waals surface area contributed by atoms with E-state index in [0.29, 0.717) is 40.4 Å². The maximum atomic E-state index is 9.46. The van der Waals surface area contributed by atoms with Crippen molar-refractivity contribution in [3.63, 3.8) is 0 Å². The summed E-state index contributed by atoms with van der Waals surface area (Å²) in [5.41, 5.74) is 6.55. The van der Waals surface area contributed by atoms with Crippen LogP contribution in [0, 0.1) is 23.7 Å². The van der Waals surface area contributed by atoms with Gasteiger partial charge in [-0.25, -0.2) is 0 Å². The Kier molecular flexibility index (Phi) is 22.2. The fraction of sp³-hybridized carbons (Fsp3) is 0.273. The number of fused-ring (bicyclic) bond motifs is 5.